The Bertz CT molecular complexity index is 259. The van der Waals surface area contributed by atoms with Gasteiger partial charge in [0.2, 0.25) is 0 Å². The standard InChI is InChI=1S/C10H16N2O/c1-12-9(7-11)8-5-3-4-6-10(8)13-2/h3-6,9,12H,7,11H2,1-2H3/t9-/m1/s1. The van der Waals surface area contributed by atoms with Crippen LogP contribution in [0.15, 0.2) is 24.3 Å². The zero-order valence-electron chi connectivity index (χ0n) is 8.08. The van der Waals surface area contributed by atoms with Gasteiger partial charge < -0.3 is 15.8 Å². The fourth-order valence-corrected chi connectivity index (χ4v) is 1.35. The highest BCUT2D eigenvalue weighted by atomic mass is 16.5. The molecule has 3 nitrogen and oxygen atoms in total. The Balaban J connectivity index is 2.96. The van der Waals surface area contributed by atoms with Crippen molar-refractivity contribution in [3.8, 4) is 5.75 Å². The van der Waals surface area contributed by atoms with Crippen molar-refractivity contribution in [2.24, 2.45) is 5.73 Å². The SMILES string of the molecule is CN[C@H](CN)c1ccccc1OC. The van der Waals surface area contributed by atoms with Gasteiger partial charge in [-0.2, -0.15) is 0 Å². The zero-order chi connectivity index (χ0) is 9.68. The van der Waals surface area contributed by atoms with Gasteiger partial charge in [-0.25, -0.2) is 0 Å². The molecule has 0 spiro atoms. The lowest BCUT2D eigenvalue weighted by atomic mass is 10.1. The molecule has 0 unspecified atom stereocenters. The Morgan fingerprint density at radius 2 is 2.15 bits per heavy atom. The Labute approximate surface area is 78.9 Å². The molecule has 3 heteroatoms. The third-order valence-electron chi connectivity index (χ3n) is 2.10. The van der Waals surface area contributed by atoms with Crippen molar-refractivity contribution < 1.29 is 4.74 Å². The Kier molecular flexibility index (Phi) is 3.73. The van der Waals surface area contributed by atoms with Crippen LogP contribution in [0.3, 0.4) is 0 Å². The van der Waals surface area contributed by atoms with Crippen molar-refractivity contribution in [1.82, 2.24) is 5.32 Å². The first-order chi connectivity index (χ1) is 6.33. The van der Waals surface area contributed by atoms with Gasteiger partial charge in [-0.15, -0.1) is 0 Å². The third kappa shape index (κ3) is 2.20. The molecule has 0 aliphatic heterocycles. The molecule has 13 heavy (non-hydrogen) atoms. The maximum absolute atomic E-state index is 5.62. The van der Waals surface area contributed by atoms with E-state index in [4.69, 9.17) is 10.5 Å². The summed E-state index contributed by atoms with van der Waals surface area (Å²) in [7, 11) is 3.56. The number of rotatable bonds is 4. The average molecular weight is 180 g/mol. The maximum atomic E-state index is 5.62. The molecule has 1 atom stereocenters. The number of methoxy groups -OCH3 is 1. The van der Waals surface area contributed by atoms with Crippen LogP contribution in [0, 0.1) is 0 Å². The van der Waals surface area contributed by atoms with Crippen molar-refractivity contribution >= 4 is 0 Å². The second kappa shape index (κ2) is 4.84. The number of benzene rings is 1. The van der Waals surface area contributed by atoms with Gasteiger partial charge in [-0.05, 0) is 13.1 Å². The van der Waals surface area contributed by atoms with Gasteiger partial charge in [0.25, 0.3) is 0 Å². The number of ether oxygens (including phenoxy) is 1. The van der Waals surface area contributed by atoms with E-state index in [0.29, 0.717) is 6.54 Å². The molecule has 0 saturated heterocycles. The summed E-state index contributed by atoms with van der Waals surface area (Å²) >= 11 is 0. The fourth-order valence-electron chi connectivity index (χ4n) is 1.35. The minimum absolute atomic E-state index is 0.163. The van der Waals surface area contributed by atoms with E-state index >= 15 is 0 Å². The lowest BCUT2D eigenvalue weighted by molar-refractivity contribution is 0.402. The van der Waals surface area contributed by atoms with Gasteiger partial charge in [-0.1, -0.05) is 18.2 Å². The first-order valence-electron chi connectivity index (χ1n) is 4.33. The fraction of sp³-hybridized carbons (Fsp3) is 0.400. The van der Waals surface area contributed by atoms with Crippen LogP contribution in [-0.2, 0) is 0 Å². The third-order valence-corrected chi connectivity index (χ3v) is 2.10. The molecule has 0 amide bonds. The molecule has 3 N–H and O–H groups in total. The van der Waals surface area contributed by atoms with Gasteiger partial charge in [0, 0.05) is 18.2 Å². The van der Waals surface area contributed by atoms with Gasteiger partial charge in [0.15, 0.2) is 0 Å². The number of nitrogens with one attached hydrogen (secondary N) is 1. The average Bonchev–Trinajstić information content (AvgIpc) is 2.20. The second-order valence-electron chi connectivity index (χ2n) is 2.82. The summed E-state index contributed by atoms with van der Waals surface area (Å²) < 4.78 is 5.23. The Morgan fingerprint density at radius 1 is 1.46 bits per heavy atom. The van der Waals surface area contributed by atoms with Crippen molar-refractivity contribution in [3.63, 3.8) is 0 Å². The second-order valence-corrected chi connectivity index (χ2v) is 2.82. The summed E-state index contributed by atoms with van der Waals surface area (Å²) in [5.41, 5.74) is 6.73. The largest absolute Gasteiger partial charge is 0.496 e. The summed E-state index contributed by atoms with van der Waals surface area (Å²) in [5, 5.41) is 3.14. The van der Waals surface area contributed by atoms with Crippen LogP contribution in [0.2, 0.25) is 0 Å². The number of nitrogens with two attached hydrogens (primary N) is 1. The van der Waals surface area contributed by atoms with E-state index in [0.717, 1.165) is 11.3 Å². The van der Waals surface area contributed by atoms with Crippen LogP contribution in [-0.4, -0.2) is 20.7 Å². The molecule has 0 aliphatic carbocycles. The monoisotopic (exact) mass is 180 g/mol. The van der Waals surface area contributed by atoms with E-state index in [1.54, 1.807) is 7.11 Å². The van der Waals surface area contributed by atoms with Gasteiger partial charge in [-0.3, -0.25) is 0 Å². The highest BCUT2D eigenvalue weighted by Crippen LogP contribution is 2.23. The lowest BCUT2D eigenvalue weighted by Gasteiger charge is -2.16. The maximum Gasteiger partial charge on any atom is 0.123 e. The van der Waals surface area contributed by atoms with Gasteiger partial charge in [0.1, 0.15) is 5.75 Å². The number of likely N-dealkylation sites (N-methyl/N-ethyl adjacent to an activating group) is 1. The van der Waals surface area contributed by atoms with Gasteiger partial charge in [0.05, 0.1) is 7.11 Å². The van der Waals surface area contributed by atoms with Crippen molar-refractivity contribution in [2.45, 2.75) is 6.04 Å². The molecule has 72 valence electrons. The number of para-hydroxylation sites is 1. The van der Waals surface area contributed by atoms with E-state index in [-0.39, 0.29) is 6.04 Å². The van der Waals surface area contributed by atoms with E-state index in [2.05, 4.69) is 5.32 Å². The van der Waals surface area contributed by atoms with Crippen LogP contribution >= 0.6 is 0 Å². The van der Waals surface area contributed by atoms with Crippen molar-refractivity contribution in [3.05, 3.63) is 29.8 Å². The lowest BCUT2D eigenvalue weighted by Crippen LogP contribution is -2.25. The molecule has 0 heterocycles. The van der Waals surface area contributed by atoms with E-state index < -0.39 is 0 Å². The van der Waals surface area contributed by atoms with E-state index in [1.165, 1.54) is 0 Å². The molecule has 0 bridgehead atoms. The van der Waals surface area contributed by atoms with Crippen LogP contribution in [0.1, 0.15) is 11.6 Å². The topological polar surface area (TPSA) is 47.3 Å². The molecular weight excluding hydrogens is 164 g/mol. The minimum atomic E-state index is 0.163. The van der Waals surface area contributed by atoms with Crippen molar-refractivity contribution in [1.29, 1.82) is 0 Å². The molecule has 1 rings (SSSR count). The Morgan fingerprint density at radius 3 is 2.69 bits per heavy atom. The van der Waals surface area contributed by atoms with E-state index in [9.17, 15) is 0 Å². The normalized spacial score (nSPS) is 12.5. The number of hydrogen-bond donors (Lipinski definition) is 2. The smallest absolute Gasteiger partial charge is 0.123 e. The summed E-state index contributed by atoms with van der Waals surface area (Å²) in [6.07, 6.45) is 0. The van der Waals surface area contributed by atoms with Crippen LogP contribution in [0.4, 0.5) is 0 Å². The summed E-state index contributed by atoms with van der Waals surface area (Å²) in [4.78, 5) is 0. The molecule has 1 aromatic carbocycles. The highest BCUT2D eigenvalue weighted by molar-refractivity contribution is 5.35. The van der Waals surface area contributed by atoms with Crippen molar-refractivity contribution in [2.75, 3.05) is 20.7 Å². The zero-order valence-corrected chi connectivity index (χ0v) is 8.08. The molecule has 0 aliphatic rings. The molecular formula is C10H16N2O. The quantitative estimate of drug-likeness (QED) is 0.724. The molecule has 0 saturated carbocycles. The first-order valence-corrected chi connectivity index (χ1v) is 4.33. The molecule has 0 fully saturated rings. The number of hydrogen-bond acceptors (Lipinski definition) is 3. The highest BCUT2D eigenvalue weighted by Gasteiger charge is 2.10. The minimum Gasteiger partial charge on any atom is -0.496 e. The molecule has 0 radical (unpaired) electrons. The van der Waals surface area contributed by atoms with Crippen LogP contribution in [0.5, 0.6) is 5.75 Å². The predicted octanol–water partition coefficient (Wildman–Crippen LogP) is 0.914. The van der Waals surface area contributed by atoms with Crippen LogP contribution in [0.25, 0.3) is 0 Å². The Hall–Kier alpha value is -1.06. The summed E-state index contributed by atoms with van der Waals surface area (Å²) in [6, 6.07) is 8.06. The summed E-state index contributed by atoms with van der Waals surface area (Å²) in [6.45, 7) is 0.566. The predicted molar refractivity (Wildman–Crippen MR) is 53.8 cm³/mol. The first kappa shape index (κ1) is 10.0. The van der Waals surface area contributed by atoms with E-state index in [1.807, 2.05) is 31.3 Å². The molecule has 0 aromatic heterocycles. The molecule has 1 aromatic rings. The van der Waals surface area contributed by atoms with Crippen LogP contribution < -0.4 is 15.8 Å². The summed E-state index contributed by atoms with van der Waals surface area (Å²) in [5.74, 6) is 0.882. The van der Waals surface area contributed by atoms with Gasteiger partial charge >= 0.3 is 0 Å².